The SMILES string of the molecule is [Cl][Hg].[S]=[Hg]. The molecule has 0 radical (unpaired) electrons. The minimum atomic E-state index is 0.500. The van der Waals surface area contributed by atoms with Crippen LogP contribution in [0.1, 0.15) is 0 Å². The molecule has 0 rings (SSSR count). The first-order valence-electron chi connectivity index (χ1n) is 0.556. The average molecular weight is 469 g/mol. The molecule has 0 unspecified atom stereocenters. The van der Waals surface area contributed by atoms with Crippen LogP contribution >= 0.6 is 16.8 Å². The number of rotatable bonds is 0. The summed E-state index contributed by atoms with van der Waals surface area (Å²) in [5, 5.41) is 0. The normalized spacial score (nSPS) is 3.25. The van der Waals surface area contributed by atoms with Crippen LogP contribution < -0.4 is 0 Å². The maximum atomic E-state index is 4.83. The summed E-state index contributed by atoms with van der Waals surface area (Å²) in [6, 6.07) is 0. The van der Waals surface area contributed by atoms with Gasteiger partial charge in [0, 0.05) is 0 Å². The summed E-state index contributed by atoms with van der Waals surface area (Å²) in [5.74, 6) is 0. The maximum absolute atomic E-state index is 4.83. The van der Waals surface area contributed by atoms with Gasteiger partial charge in [-0.1, -0.05) is 0 Å². The Morgan fingerprint density at radius 2 is 1.25 bits per heavy atom. The first-order valence-corrected chi connectivity index (χ1v) is 14.6. The molecule has 0 bridgehead atoms. The molecule has 0 aliphatic heterocycles. The van der Waals surface area contributed by atoms with Crippen molar-refractivity contribution in [3.63, 3.8) is 0 Å². The predicted octanol–water partition coefficient (Wildman–Crippen LogP) is 1.33. The Hall–Kier alpha value is 2.38. The van der Waals surface area contributed by atoms with E-state index >= 15 is 0 Å². The van der Waals surface area contributed by atoms with E-state index in [9.17, 15) is 0 Å². The van der Waals surface area contributed by atoms with E-state index in [1.807, 2.05) is 0 Å². The van der Waals surface area contributed by atoms with Crippen molar-refractivity contribution < 1.29 is 48.9 Å². The zero-order valence-corrected chi connectivity index (χ0v) is 14.8. The molecule has 0 atom stereocenters. The van der Waals surface area contributed by atoms with E-state index < -0.39 is 0 Å². The second-order valence-corrected chi connectivity index (χ2v) is 0. The van der Waals surface area contributed by atoms with Crippen LogP contribution in [0.25, 0.3) is 0 Å². The molecule has 4 heteroatoms. The van der Waals surface area contributed by atoms with Gasteiger partial charge in [0.25, 0.3) is 0 Å². The quantitative estimate of drug-likeness (QED) is 0.484. The second-order valence-electron chi connectivity index (χ2n) is 0. The first-order chi connectivity index (χ1) is 2.00. The van der Waals surface area contributed by atoms with E-state index in [4.69, 9.17) is 8.25 Å². The third-order valence-electron chi connectivity index (χ3n) is 0. The third-order valence-corrected chi connectivity index (χ3v) is 0. The van der Waals surface area contributed by atoms with E-state index in [1.165, 1.54) is 0 Å². The summed E-state index contributed by atoms with van der Waals surface area (Å²) in [5.41, 5.74) is 0. The standard InChI is InChI=1S/ClH.2Hg.S/h1H;;;/q;;+1;/p-1. The van der Waals surface area contributed by atoms with E-state index in [2.05, 4.69) is 8.58 Å². The van der Waals surface area contributed by atoms with Gasteiger partial charge >= 0.3 is 65.7 Å². The van der Waals surface area contributed by atoms with E-state index in [0.717, 1.165) is 0 Å². The number of halogens is 1. The van der Waals surface area contributed by atoms with Gasteiger partial charge in [-0.2, -0.15) is 0 Å². The minimum absolute atomic E-state index is 0.500. The molecule has 0 aliphatic rings. The molecule has 4 heavy (non-hydrogen) atoms. The Balaban J connectivity index is 0. The topological polar surface area (TPSA) is 0 Å². The number of hydrogen-bond acceptors (Lipinski definition) is 1. The van der Waals surface area contributed by atoms with Crippen molar-refractivity contribution in [1.82, 2.24) is 0 Å². The molecule has 0 saturated carbocycles. The molecule has 0 N–H and O–H groups in total. The van der Waals surface area contributed by atoms with Gasteiger partial charge in [-0.25, -0.2) is 0 Å². The van der Waals surface area contributed by atoms with Crippen molar-refractivity contribution in [3.8, 4) is 0 Å². The summed E-state index contributed by atoms with van der Waals surface area (Å²) in [4.78, 5) is 0. The molecule has 0 amide bonds. The summed E-state index contributed by atoms with van der Waals surface area (Å²) < 4.78 is 0. The van der Waals surface area contributed by atoms with Crippen LogP contribution in [0, 0.1) is 0 Å². The van der Waals surface area contributed by atoms with Crippen molar-refractivity contribution in [2.24, 2.45) is 0 Å². The molecule has 0 aromatic carbocycles. The molecule has 0 fully saturated rings. The van der Waals surface area contributed by atoms with Crippen molar-refractivity contribution in [2.45, 2.75) is 0 Å². The Morgan fingerprint density at radius 3 is 1.25 bits per heavy atom. The fourth-order valence-electron chi connectivity index (χ4n) is 0. The first kappa shape index (κ1) is 9.63. The van der Waals surface area contributed by atoms with Crippen molar-refractivity contribution in [2.75, 3.05) is 0 Å². The Labute approximate surface area is 64.5 Å². The van der Waals surface area contributed by atoms with Gasteiger partial charge in [0.05, 0.1) is 0 Å². The fraction of sp³-hybridized carbons (Fsp3) is 0. The molecule has 17 valence electrons. The van der Waals surface area contributed by atoms with Crippen LogP contribution in [0.15, 0.2) is 0 Å². The molecular weight excluding hydrogens is 469 g/mol. The van der Waals surface area contributed by atoms with Gasteiger partial charge in [0.1, 0.15) is 0 Å². The van der Waals surface area contributed by atoms with Crippen molar-refractivity contribution in [1.29, 1.82) is 0 Å². The van der Waals surface area contributed by atoms with Crippen LogP contribution in [-0.2, 0) is 48.9 Å². The molecule has 0 heterocycles. The van der Waals surface area contributed by atoms with Gasteiger partial charge in [-0.05, 0) is 0 Å². The van der Waals surface area contributed by atoms with Gasteiger partial charge in [-0.15, -0.1) is 0 Å². The van der Waals surface area contributed by atoms with Crippen LogP contribution in [0.3, 0.4) is 0 Å². The fourth-order valence-corrected chi connectivity index (χ4v) is 0. The van der Waals surface area contributed by atoms with E-state index in [0.29, 0.717) is 48.9 Å². The second kappa shape index (κ2) is 18.2. The zero-order valence-electron chi connectivity index (χ0n) is 2.20. The molecule has 0 saturated heterocycles. The van der Waals surface area contributed by atoms with Crippen LogP contribution in [0.5, 0.6) is 0 Å². The Bertz CT molecular complexity index is 6.00. The molecule has 0 aliphatic carbocycles. The Morgan fingerprint density at radius 1 is 1.25 bits per heavy atom. The molecule has 0 nitrogen and oxygen atoms in total. The summed E-state index contributed by atoms with van der Waals surface area (Å²) in [6.07, 6.45) is 0. The van der Waals surface area contributed by atoms with E-state index in [-0.39, 0.29) is 0 Å². The summed E-state index contributed by atoms with van der Waals surface area (Å²) >= 11 is 1.11. The Kier molecular flexibility index (Phi) is 43.8. The predicted molar refractivity (Wildman–Crippen MR) is 13.4 cm³/mol. The van der Waals surface area contributed by atoms with Gasteiger partial charge in [0.15, 0.2) is 0 Å². The molecular formula is ClHg2S. The van der Waals surface area contributed by atoms with Crippen molar-refractivity contribution in [3.05, 3.63) is 0 Å². The molecule has 0 spiro atoms. The van der Waals surface area contributed by atoms with Crippen LogP contribution in [-0.4, -0.2) is 0 Å². The molecule has 0 aromatic rings. The average Bonchev–Trinajstić information content (AvgIpc) is 1.50. The third kappa shape index (κ3) is 8.83. The van der Waals surface area contributed by atoms with E-state index in [1.54, 1.807) is 0 Å². The van der Waals surface area contributed by atoms with Crippen LogP contribution in [0.2, 0.25) is 0 Å². The zero-order chi connectivity index (χ0) is 4.00. The monoisotopic (exact) mass is 471 g/mol. The van der Waals surface area contributed by atoms with Gasteiger partial charge in [-0.3, -0.25) is 0 Å². The molecule has 0 aromatic heterocycles. The van der Waals surface area contributed by atoms with Crippen LogP contribution in [0.4, 0.5) is 0 Å². The van der Waals surface area contributed by atoms with Gasteiger partial charge in [0.2, 0.25) is 0 Å². The van der Waals surface area contributed by atoms with Crippen molar-refractivity contribution >= 4 is 16.8 Å². The summed E-state index contributed by atoms with van der Waals surface area (Å²) in [7, 11) is 9.11. The summed E-state index contributed by atoms with van der Waals surface area (Å²) in [6.45, 7) is 0. The van der Waals surface area contributed by atoms with Gasteiger partial charge < -0.3 is 0 Å². The number of hydrogen-bond donors (Lipinski definition) is 0.